The van der Waals surface area contributed by atoms with Gasteiger partial charge < -0.3 is 4.74 Å². The van der Waals surface area contributed by atoms with E-state index in [4.69, 9.17) is 4.74 Å². The van der Waals surface area contributed by atoms with Crippen molar-refractivity contribution in [2.24, 2.45) is 5.92 Å². The van der Waals surface area contributed by atoms with E-state index in [2.05, 4.69) is 0 Å². The van der Waals surface area contributed by atoms with E-state index < -0.39 is 11.7 Å². The molecule has 0 spiro atoms. The van der Waals surface area contributed by atoms with Crippen molar-refractivity contribution >= 4 is 12.0 Å². The summed E-state index contributed by atoms with van der Waals surface area (Å²) in [5.74, 6) is -0.261. The molecule has 1 aliphatic heterocycles. The number of hydrogen-bond donors (Lipinski definition) is 0. The van der Waals surface area contributed by atoms with Gasteiger partial charge in [-0.1, -0.05) is 30.3 Å². The lowest BCUT2D eigenvalue weighted by Gasteiger charge is -2.36. The van der Waals surface area contributed by atoms with Gasteiger partial charge in [-0.15, -0.1) is 0 Å². The van der Waals surface area contributed by atoms with Crippen molar-refractivity contribution in [3.05, 3.63) is 35.9 Å². The number of likely N-dealkylation sites (tertiary alicyclic amines) is 1. The van der Waals surface area contributed by atoms with Gasteiger partial charge in [-0.25, -0.2) is 9.69 Å². The van der Waals surface area contributed by atoms with E-state index in [-0.39, 0.29) is 17.9 Å². The van der Waals surface area contributed by atoms with E-state index in [9.17, 15) is 9.59 Å². The van der Waals surface area contributed by atoms with Crippen LogP contribution in [0.15, 0.2) is 30.3 Å². The van der Waals surface area contributed by atoms with Crippen molar-refractivity contribution in [3.63, 3.8) is 0 Å². The van der Waals surface area contributed by atoms with Gasteiger partial charge >= 0.3 is 6.09 Å². The largest absolute Gasteiger partial charge is 0.443 e. The number of hydrogen-bond acceptors (Lipinski definition) is 3. The number of imide groups is 1. The van der Waals surface area contributed by atoms with Crippen LogP contribution in [0.2, 0.25) is 0 Å². The molecule has 1 aliphatic rings. The topological polar surface area (TPSA) is 46.6 Å². The molecule has 0 saturated carbocycles. The quantitative estimate of drug-likeness (QED) is 0.835. The fourth-order valence-corrected chi connectivity index (χ4v) is 2.78. The van der Waals surface area contributed by atoms with Gasteiger partial charge in [0.05, 0.1) is 0 Å². The molecule has 2 atom stereocenters. The predicted octanol–water partition coefficient (Wildman–Crippen LogP) is 3.79. The molecule has 1 fully saturated rings. The van der Waals surface area contributed by atoms with E-state index in [1.54, 1.807) is 0 Å². The maximum Gasteiger partial charge on any atom is 0.417 e. The Labute approximate surface area is 132 Å². The molecule has 0 N–H and O–H groups in total. The number of carbonyl (C=O) groups excluding carboxylic acids is 2. The van der Waals surface area contributed by atoms with Crippen LogP contribution < -0.4 is 0 Å². The first-order chi connectivity index (χ1) is 10.3. The standard InChI is InChI=1S/C18H25NO3/c1-13-10-11-15(12-14-8-6-5-7-9-14)16(20)19(13)17(21)22-18(2,3)4/h5-9,13,15H,10-12H2,1-4H3/t13-,15+/m0/s1. The van der Waals surface area contributed by atoms with Crippen molar-refractivity contribution in [1.82, 2.24) is 4.90 Å². The zero-order valence-corrected chi connectivity index (χ0v) is 13.8. The highest BCUT2D eigenvalue weighted by molar-refractivity contribution is 5.94. The summed E-state index contributed by atoms with van der Waals surface area (Å²) in [5.41, 5.74) is 0.531. The lowest BCUT2D eigenvalue weighted by molar-refractivity contribution is -0.139. The smallest absolute Gasteiger partial charge is 0.417 e. The van der Waals surface area contributed by atoms with Crippen LogP contribution in [-0.4, -0.2) is 28.5 Å². The zero-order chi connectivity index (χ0) is 16.3. The Hall–Kier alpha value is -1.84. The normalized spacial score (nSPS) is 22.5. The minimum atomic E-state index is -0.594. The molecule has 22 heavy (non-hydrogen) atoms. The summed E-state index contributed by atoms with van der Waals surface area (Å²) < 4.78 is 5.38. The minimum Gasteiger partial charge on any atom is -0.443 e. The van der Waals surface area contributed by atoms with Crippen molar-refractivity contribution in [3.8, 4) is 0 Å². The third-order valence-electron chi connectivity index (χ3n) is 3.88. The van der Waals surface area contributed by atoms with Gasteiger partial charge in [-0.05, 0) is 52.5 Å². The van der Waals surface area contributed by atoms with Crippen LogP contribution in [0.25, 0.3) is 0 Å². The van der Waals surface area contributed by atoms with Crippen LogP contribution in [0.1, 0.15) is 46.1 Å². The van der Waals surface area contributed by atoms with E-state index in [1.165, 1.54) is 4.90 Å². The number of rotatable bonds is 2. The Balaban J connectivity index is 2.10. The van der Waals surface area contributed by atoms with E-state index in [0.717, 1.165) is 18.4 Å². The average Bonchev–Trinajstić information content (AvgIpc) is 2.41. The van der Waals surface area contributed by atoms with Crippen LogP contribution >= 0.6 is 0 Å². The maximum atomic E-state index is 12.7. The van der Waals surface area contributed by atoms with Gasteiger partial charge in [0.1, 0.15) is 5.60 Å². The van der Waals surface area contributed by atoms with E-state index >= 15 is 0 Å². The summed E-state index contributed by atoms with van der Waals surface area (Å²) in [7, 11) is 0. The fraction of sp³-hybridized carbons (Fsp3) is 0.556. The molecule has 120 valence electrons. The van der Waals surface area contributed by atoms with Crippen LogP contribution in [-0.2, 0) is 16.0 Å². The monoisotopic (exact) mass is 303 g/mol. The molecule has 2 amide bonds. The molecule has 0 aromatic heterocycles. The summed E-state index contributed by atoms with van der Waals surface area (Å²) in [6, 6.07) is 9.83. The fourth-order valence-electron chi connectivity index (χ4n) is 2.78. The van der Waals surface area contributed by atoms with Crippen LogP contribution in [0.4, 0.5) is 4.79 Å². The second-order valence-electron chi connectivity index (χ2n) is 7.00. The van der Waals surface area contributed by atoms with Gasteiger partial charge in [0.25, 0.3) is 0 Å². The third kappa shape index (κ3) is 4.09. The van der Waals surface area contributed by atoms with E-state index in [1.807, 2.05) is 58.0 Å². The zero-order valence-electron chi connectivity index (χ0n) is 13.8. The molecule has 0 radical (unpaired) electrons. The predicted molar refractivity (Wildman–Crippen MR) is 85.4 cm³/mol. The van der Waals surface area contributed by atoms with Crippen molar-refractivity contribution in [2.45, 2.75) is 58.6 Å². The molecule has 0 aliphatic carbocycles. The number of benzene rings is 1. The Bertz CT molecular complexity index is 533. The van der Waals surface area contributed by atoms with Crippen molar-refractivity contribution < 1.29 is 14.3 Å². The lowest BCUT2D eigenvalue weighted by Crippen LogP contribution is -2.51. The molecule has 4 heteroatoms. The second-order valence-corrected chi connectivity index (χ2v) is 7.00. The molecule has 1 heterocycles. The second kappa shape index (κ2) is 6.51. The number of nitrogens with zero attached hydrogens (tertiary/aromatic N) is 1. The summed E-state index contributed by atoms with van der Waals surface area (Å²) >= 11 is 0. The highest BCUT2D eigenvalue weighted by atomic mass is 16.6. The van der Waals surface area contributed by atoms with Crippen LogP contribution in [0.3, 0.4) is 0 Å². The number of ether oxygens (including phenoxy) is 1. The number of amides is 2. The van der Waals surface area contributed by atoms with Crippen LogP contribution in [0, 0.1) is 5.92 Å². The lowest BCUT2D eigenvalue weighted by atomic mass is 9.88. The summed E-state index contributed by atoms with van der Waals surface area (Å²) in [4.78, 5) is 26.3. The Morgan fingerprint density at radius 2 is 1.86 bits per heavy atom. The Morgan fingerprint density at radius 3 is 2.45 bits per heavy atom. The summed E-state index contributed by atoms with van der Waals surface area (Å²) in [5, 5.41) is 0. The van der Waals surface area contributed by atoms with Crippen molar-refractivity contribution in [2.75, 3.05) is 0 Å². The molecular formula is C18H25NO3. The Morgan fingerprint density at radius 1 is 1.23 bits per heavy atom. The third-order valence-corrected chi connectivity index (χ3v) is 3.88. The Kier molecular flexibility index (Phi) is 4.89. The van der Waals surface area contributed by atoms with Crippen LogP contribution in [0.5, 0.6) is 0 Å². The molecule has 2 rings (SSSR count). The molecule has 0 bridgehead atoms. The summed E-state index contributed by atoms with van der Waals surface area (Å²) in [6.07, 6.45) is 1.78. The first-order valence-corrected chi connectivity index (χ1v) is 7.88. The molecule has 1 aromatic carbocycles. The molecule has 1 saturated heterocycles. The van der Waals surface area contributed by atoms with Gasteiger partial charge in [-0.3, -0.25) is 4.79 Å². The number of carbonyl (C=O) groups is 2. The minimum absolute atomic E-state index is 0.102. The molecule has 0 unspecified atom stereocenters. The van der Waals surface area contributed by atoms with Gasteiger partial charge in [0, 0.05) is 12.0 Å². The van der Waals surface area contributed by atoms with Gasteiger partial charge in [0.15, 0.2) is 0 Å². The van der Waals surface area contributed by atoms with Crippen molar-refractivity contribution in [1.29, 1.82) is 0 Å². The highest BCUT2D eigenvalue weighted by Gasteiger charge is 2.39. The first kappa shape index (κ1) is 16.5. The SMILES string of the molecule is C[C@H]1CC[C@H](Cc2ccccc2)C(=O)N1C(=O)OC(C)(C)C. The molecule has 4 nitrogen and oxygen atoms in total. The van der Waals surface area contributed by atoms with Gasteiger partial charge in [0.2, 0.25) is 5.91 Å². The molecular weight excluding hydrogens is 278 g/mol. The first-order valence-electron chi connectivity index (χ1n) is 7.88. The number of piperidine rings is 1. The summed E-state index contributed by atoms with van der Waals surface area (Å²) in [6.45, 7) is 7.34. The highest BCUT2D eigenvalue weighted by Crippen LogP contribution is 2.27. The maximum absolute atomic E-state index is 12.7. The van der Waals surface area contributed by atoms with E-state index in [0.29, 0.717) is 6.42 Å². The molecule has 1 aromatic rings. The average molecular weight is 303 g/mol. The van der Waals surface area contributed by atoms with Gasteiger partial charge in [-0.2, -0.15) is 0 Å².